The molecule has 158 valence electrons. The monoisotopic (exact) mass is 402 g/mol. The molecular weight excluding hydrogens is 371 g/mol. The zero-order valence-corrected chi connectivity index (χ0v) is 17.4. The summed E-state index contributed by atoms with van der Waals surface area (Å²) in [4.78, 5) is 33.6. The van der Waals surface area contributed by atoms with Gasteiger partial charge < -0.3 is 14.7 Å². The van der Waals surface area contributed by atoms with E-state index in [0.29, 0.717) is 26.2 Å². The summed E-state index contributed by atoms with van der Waals surface area (Å²) in [5.41, 5.74) is 0.831. The molecule has 3 fully saturated rings. The smallest absolute Gasteiger partial charge is 0.236 e. The van der Waals surface area contributed by atoms with E-state index in [4.69, 9.17) is 0 Å². The van der Waals surface area contributed by atoms with Crippen molar-refractivity contribution in [1.29, 1.82) is 0 Å². The van der Waals surface area contributed by atoms with Crippen LogP contribution >= 0.6 is 0 Å². The first-order valence-electron chi connectivity index (χ1n) is 10.6. The van der Waals surface area contributed by atoms with E-state index >= 15 is 0 Å². The fourth-order valence-electron chi connectivity index (χ4n) is 5.24. The maximum atomic E-state index is 13.8. The molecule has 4 rings (SSSR count). The highest BCUT2D eigenvalue weighted by atomic mass is 19.1. The minimum atomic E-state index is -0.286. The molecule has 29 heavy (non-hydrogen) atoms. The van der Waals surface area contributed by atoms with Crippen LogP contribution in [0.25, 0.3) is 0 Å². The number of hydrogen-bond acceptors (Lipinski definition) is 4. The summed E-state index contributed by atoms with van der Waals surface area (Å²) in [6.45, 7) is 7.96. The molecule has 0 N–H and O–H groups in total. The Kier molecular flexibility index (Phi) is 5.88. The maximum Gasteiger partial charge on any atom is 0.236 e. The van der Waals surface area contributed by atoms with E-state index in [1.54, 1.807) is 13.0 Å². The second-order valence-electron chi connectivity index (χ2n) is 8.83. The first-order chi connectivity index (χ1) is 13.9. The van der Waals surface area contributed by atoms with Gasteiger partial charge in [-0.15, -0.1) is 0 Å². The lowest BCUT2D eigenvalue weighted by atomic mass is 9.89. The van der Waals surface area contributed by atoms with Gasteiger partial charge in [0.2, 0.25) is 11.8 Å². The molecule has 0 saturated carbocycles. The molecule has 3 saturated heterocycles. The minimum Gasteiger partial charge on any atom is -0.341 e. The van der Waals surface area contributed by atoms with Gasteiger partial charge in [0.05, 0.1) is 12.6 Å². The maximum absolute atomic E-state index is 13.8. The lowest BCUT2D eigenvalue weighted by molar-refractivity contribution is -0.132. The topological polar surface area (TPSA) is 47.1 Å². The fourth-order valence-corrected chi connectivity index (χ4v) is 5.24. The predicted molar refractivity (Wildman–Crippen MR) is 109 cm³/mol. The molecule has 0 aromatic heterocycles. The molecule has 1 aromatic rings. The van der Waals surface area contributed by atoms with Gasteiger partial charge in [-0.25, -0.2) is 4.39 Å². The lowest BCUT2D eigenvalue weighted by Crippen LogP contribution is -2.42. The van der Waals surface area contributed by atoms with Crippen molar-refractivity contribution in [3.8, 4) is 0 Å². The summed E-state index contributed by atoms with van der Waals surface area (Å²) in [5.74, 6) is 0.328. The van der Waals surface area contributed by atoms with Crippen LogP contribution in [0.3, 0.4) is 0 Å². The fraction of sp³-hybridized carbons (Fsp3) is 0.636. The van der Waals surface area contributed by atoms with Crippen LogP contribution in [0.1, 0.15) is 24.9 Å². The molecule has 0 spiro atoms. The average molecular weight is 403 g/mol. The molecule has 3 aliphatic rings. The Morgan fingerprint density at radius 3 is 2.69 bits per heavy atom. The van der Waals surface area contributed by atoms with Crippen molar-refractivity contribution in [2.75, 3.05) is 59.4 Å². The number of likely N-dealkylation sites (N-methyl/N-ethyl adjacent to an activating group) is 1. The standard InChI is InChI=1S/C22H31FN4O2/c1-16(28)27-13-18-12-26(21(29)15-25-8-4-7-24(2)9-10-25)14-20(18)22(27)17-5-3-6-19(23)11-17/h3,5-6,11,18,20,22H,4,7-10,12-15H2,1-2H3/t18-,20-,22-/m1/s1. The first-order valence-corrected chi connectivity index (χ1v) is 10.6. The number of benzene rings is 1. The summed E-state index contributed by atoms with van der Waals surface area (Å²) in [7, 11) is 2.13. The molecule has 3 aliphatic heterocycles. The second-order valence-corrected chi connectivity index (χ2v) is 8.83. The Morgan fingerprint density at radius 2 is 1.93 bits per heavy atom. The third kappa shape index (κ3) is 4.31. The predicted octanol–water partition coefficient (Wildman–Crippen LogP) is 1.44. The van der Waals surface area contributed by atoms with Crippen LogP contribution in [0.5, 0.6) is 0 Å². The molecule has 0 aliphatic carbocycles. The van der Waals surface area contributed by atoms with Crippen molar-refractivity contribution in [2.45, 2.75) is 19.4 Å². The van der Waals surface area contributed by atoms with Gasteiger partial charge in [0.25, 0.3) is 0 Å². The summed E-state index contributed by atoms with van der Waals surface area (Å²) < 4.78 is 13.8. The van der Waals surface area contributed by atoms with E-state index in [9.17, 15) is 14.0 Å². The van der Waals surface area contributed by atoms with Gasteiger partial charge >= 0.3 is 0 Å². The lowest BCUT2D eigenvalue weighted by Gasteiger charge is -2.30. The van der Waals surface area contributed by atoms with Crippen molar-refractivity contribution < 1.29 is 14.0 Å². The van der Waals surface area contributed by atoms with Crippen molar-refractivity contribution in [1.82, 2.24) is 19.6 Å². The van der Waals surface area contributed by atoms with Crippen LogP contribution in [0.2, 0.25) is 0 Å². The first kappa shape index (κ1) is 20.3. The summed E-state index contributed by atoms with van der Waals surface area (Å²) >= 11 is 0. The molecule has 0 unspecified atom stereocenters. The number of fused-ring (bicyclic) bond motifs is 1. The number of likely N-dealkylation sites (tertiary alicyclic amines) is 2. The number of carbonyl (C=O) groups excluding carboxylic acids is 2. The number of hydrogen-bond donors (Lipinski definition) is 0. The summed E-state index contributed by atoms with van der Waals surface area (Å²) in [6, 6.07) is 6.39. The molecule has 3 atom stereocenters. The van der Waals surface area contributed by atoms with Gasteiger partial charge in [-0.05, 0) is 44.3 Å². The summed E-state index contributed by atoms with van der Waals surface area (Å²) in [5, 5.41) is 0. The molecule has 0 bridgehead atoms. The highest BCUT2D eigenvalue weighted by Gasteiger charge is 2.49. The van der Waals surface area contributed by atoms with Crippen LogP contribution in [-0.4, -0.2) is 90.8 Å². The molecular formula is C22H31FN4O2. The van der Waals surface area contributed by atoms with E-state index in [-0.39, 0.29) is 35.5 Å². The van der Waals surface area contributed by atoms with Gasteiger partial charge in [0, 0.05) is 51.5 Å². The highest BCUT2D eigenvalue weighted by Crippen LogP contribution is 2.45. The quantitative estimate of drug-likeness (QED) is 0.768. The zero-order chi connectivity index (χ0) is 20.5. The van der Waals surface area contributed by atoms with Crippen LogP contribution in [-0.2, 0) is 9.59 Å². The molecule has 7 heteroatoms. The second kappa shape index (κ2) is 8.40. The van der Waals surface area contributed by atoms with Crippen molar-refractivity contribution in [2.24, 2.45) is 11.8 Å². The van der Waals surface area contributed by atoms with Crippen LogP contribution in [0, 0.1) is 17.7 Å². The average Bonchev–Trinajstić information content (AvgIpc) is 3.17. The Morgan fingerprint density at radius 1 is 1.10 bits per heavy atom. The van der Waals surface area contributed by atoms with Crippen molar-refractivity contribution in [3.05, 3.63) is 35.6 Å². The van der Waals surface area contributed by atoms with Crippen LogP contribution < -0.4 is 0 Å². The van der Waals surface area contributed by atoms with E-state index in [0.717, 1.165) is 38.2 Å². The van der Waals surface area contributed by atoms with E-state index in [1.165, 1.54) is 12.1 Å². The van der Waals surface area contributed by atoms with Gasteiger partial charge in [-0.2, -0.15) is 0 Å². The number of halogens is 1. The number of carbonyl (C=O) groups is 2. The third-order valence-electron chi connectivity index (χ3n) is 6.78. The molecule has 6 nitrogen and oxygen atoms in total. The molecule has 1 aromatic carbocycles. The van der Waals surface area contributed by atoms with E-state index in [1.807, 2.05) is 15.9 Å². The van der Waals surface area contributed by atoms with E-state index < -0.39 is 0 Å². The van der Waals surface area contributed by atoms with Gasteiger partial charge in [0.15, 0.2) is 0 Å². The van der Waals surface area contributed by atoms with Gasteiger partial charge in [-0.3, -0.25) is 14.5 Å². The van der Waals surface area contributed by atoms with Gasteiger partial charge in [-0.1, -0.05) is 12.1 Å². The van der Waals surface area contributed by atoms with Crippen LogP contribution in [0.15, 0.2) is 24.3 Å². The van der Waals surface area contributed by atoms with Crippen LogP contribution in [0.4, 0.5) is 4.39 Å². The zero-order valence-electron chi connectivity index (χ0n) is 17.4. The van der Waals surface area contributed by atoms with Crippen molar-refractivity contribution >= 4 is 11.8 Å². The Balaban J connectivity index is 1.44. The Labute approximate surface area is 172 Å². The number of amides is 2. The molecule has 0 radical (unpaired) electrons. The Bertz CT molecular complexity index is 773. The van der Waals surface area contributed by atoms with E-state index in [2.05, 4.69) is 16.8 Å². The van der Waals surface area contributed by atoms with Gasteiger partial charge in [0.1, 0.15) is 5.82 Å². The Hall–Kier alpha value is -1.99. The SMILES string of the molecule is CC(=O)N1C[C@H]2CN(C(=O)CN3CCCN(C)CC3)C[C@H]2[C@H]1c1cccc(F)c1. The molecule has 2 amide bonds. The minimum absolute atomic E-state index is 0.0141. The number of nitrogens with zero attached hydrogens (tertiary/aromatic N) is 4. The normalized spacial score (nSPS) is 28.4. The molecule has 3 heterocycles. The number of rotatable bonds is 3. The highest BCUT2D eigenvalue weighted by molar-refractivity contribution is 5.79. The largest absolute Gasteiger partial charge is 0.341 e. The van der Waals surface area contributed by atoms with Crippen molar-refractivity contribution in [3.63, 3.8) is 0 Å². The summed E-state index contributed by atoms with van der Waals surface area (Å²) in [6.07, 6.45) is 1.09. The third-order valence-corrected chi connectivity index (χ3v) is 6.78.